The summed E-state index contributed by atoms with van der Waals surface area (Å²) < 4.78 is 0. The van der Waals surface area contributed by atoms with Gasteiger partial charge in [-0.15, -0.1) is 11.3 Å². The maximum atomic E-state index is 12.2. The second-order valence-electron chi connectivity index (χ2n) is 6.44. The van der Waals surface area contributed by atoms with E-state index >= 15 is 0 Å². The second kappa shape index (κ2) is 9.96. The average molecular weight is 457 g/mol. The number of nitro benzene ring substituents is 1. The maximum absolute atomic E-state index is 12.2. The van der Waals surface area contributed by atoms with Gasteiger partial charge in [0.25, 0.3) is 5.69 Å². The number of rotatable bonds is 7. The third-order valence-corrected chi connectivity index (χ3v) is 5.20. The van der Waals surface area contributed by atoms with Crippen LogP contribution in [0.2, 0.25) is 5.02 Å². The molecule has 158 valence electrons. The van der Waals surface area contributed by atoms with Crippen molar-refractivity contribution in [1.29, 1.82) is 0 Å². The molecule has 0 bridgehead atoms. The van der Waals surface area contributed by atoms with Gasteiger partial charge < -0.3 is 5.32 Å². The fourth-order valence-electron chi connectivity index (χ4n) is 2.58. The highest BCUT2D eigenvalue weighted by Crippen LogP contribution is 2.26. The lowest BCUT2D eigenvalue weighted by Crippen LogP contribution is -2.18. The summed E-state index contributed by atoms with van der Waals surface area (Å²) in [4.78, 5) is 37.9. The number of thiazole rings is 1. The highest BCUT2D eigenvalue weighted by atomic mass is 35.5. The molecule has 3 rings (SSSR count). The Balaban J connectivity index is 1.62. The summed E-state index contributed by atoms with van der Waals surface area (Å²) in [6, 6.07) is 11.9. The normalized spacial score (nSPS) is 10.8. The molecule has 3 aromatic rings. The number of halogens is 1. The van der Waals surface area contributed by atoms with Crippen molar-refractivity contribution in [3.63, 3.8) is 0 Å². The molecule has 0 saturated heterocycles. The number of aromatic nitrogens is 1. The van der Waals surface area contributed by atoms with Crippen LogP contribution in [0.25, 0.3) is 17.3 Å². The zero-order chi connectivity index (χ0) is 22.4. The SMILES string of the molecule is CC(=O)NCc1ccc(-c2csc(NC(=O)/C=C/c3ccc(Cl)c([N+](=O)[O-])c3)n2)cc1. The van der Waals surface area contributed by atoms with Gasteiger partial charge in [0.05, 0.1) is 10.6 Å². The smallest absolute Gasteiger partial charge is 0.288 e. The largest absolute Gasteiger partial charge is 0.352 e. The van der Waals surface area contributed by atoms with Crippen molar-refractivity contribution in [2.75, 3.05) is 5.32 Å². The number of hydrogen-bond donors (Lipinski definition) is 2. The van der Waals surface area contributed by atoms with Gasteiger partial charge >= 0.3 is 0 Å². The molecule has 2 aromatic carbocycles. The first-order valence-electron chi connectivity index (χ1n) is 9.04. The highest BCUT2D eigenvalue weighted by molar-refractivity contribution is 7.14. The molecular formula is C21H17ClN4O4S. The molecule has 0 spiro atoms. The van der Waals surface area contributed by atoms with E-state index in [1.165, 1.54) is 42.5 Å². The molecule has 10 heteroatoms. The van der Waals surface area contributed by atoms with Crippen LogP contribution in [0.4, 0.5) is 10.8 Å². The van der Waals surface area contributed by atoms with Crippen LogP contribution >= 0.6 is 22.9 Å². The van der Waals surface area contributed by atoms with Crippen molar-refractivity contribution in [3.05, 3.63) is 80.2 Å². The first kappa shape index (κ1) is 22.1. The molecule has 0 radical (unpaired) electrons. The van der Waals surface area contributed by atoms with Crippen LogP contribution < -0.4 is 10.6 Å². The predicted octanol–water partition coefficient (Wildman–Crippen LogP) is 4.66. The Hall–Kier alpha value is -3.56. The average Bonchev–Trinajstić information content (AvgIpc) is 3.20. The fraction of sp³-hybridized carbons (Fsp3) is 0.0952. The minimum absolute atomic E-state index is 0.0325. The van der Waals surface area contributed by atoms with E-state index in [9.17, 15) is 19.7 Å². The molecule has 0 atom stereocenters. The monoisotopic (exact) mass is 456 g/mol. The number of carbonyl (C=O) groups excluding carboxylic acids is 2. The summed E-state index contributed by atoms with van der Waals surface area (Å²) in [5, 5.41) is 18.6. The van der Waals surface area contributed by atoms with Crippen LogP contribution in [-0.2, 0) is 16.1 Å². The van der Waals surface area contributed by atoms with E-state index < -0.39 is 10.8 Å². The van der Waals surface area contributed by atoms with Gasteiger partial charge in [-0.1, -0.05) is 41.9 Å². The van der Waals surface area contributed by atoms with Gasteiger partial charge in [0.2, 0.25) is 11.8 Å². The lowest BCUT2D eigenvalue weighted by Gasteiger charge is -2.03. The number of nitrogens with zero attached hydrogens (tertiary/aromatic N) is 2. The number of nitrogens with one attached hydrogen (secondary N) is 2. The summed E-state index contributed by atoms with van der Waals surface area (Å²) in [6.07, 6.45) is 2.73. The lowest BCUT2D eigenvalue weighted by atomic mass is 10.1. The molecule has 1 heterocycles. The summed E-state index contributed by atoms with van der Waals surface area (Å²) >= 11 is 7.06. The van der Waals surface area contributed by atoms with Crippen molar-refractivity contribution in [2.45, 2.75) is 13.5 Å². The third kappa shape index (κ3) is 6.21. The minimum Gasteiger partial charge on any atom is -0.352 e. The van der Waals surface area contributed by atoms with E-state index in [0.717, 1.165) is 11.1 Å². The molecule has 0 unspecified atom stereocenters. The van der Waals surface area contributed by atoms with Gasteiger partial charge in [-0.2, -0.15) is 0 Å². The van der Waals surface area contributed by atoms with Crippen molar-refractivity contribution in [3.8, 4) is 11.3 Å². The first-order valence-corrected chi connectivity index (χ1v) is 10.3. The Morgan fingerprint density at radius 2 is 1.97 bits per heavy atom. The molecule has 0 saturated carbocycles. The third-order valence-electron chi connectivity index (χ3n) is 4.12. The van der Waals surface area contributed by atoms with Crippen LogP contribution in [0.3, 0.4) is 0 Å². The standard InChI is InChI=1S/C21H17ClN4O4S/c1-13(27)23-11-15-2-6-16(7-3-15)18-12-31-21(24-18)25-20(28)9-5-14-4-8-17(22)19(10-14)26(29)30/h2-10,12H,11H2,1H3,(H,23,27)(H,24,25,28)/b9-5+. The van der Waals surface area contributed by atoms with Crippen molar-refractivity contribution in [2.24, 2.45) is 0 Å². The van der Waals surface area contributed by atoms with Gasteiger partial charge in [-0.3, -0.25) is 25.0 Å². The predicted molar refractivity (Wildman–Crippen MR) is 121 cm³/mol. The summed E-state index contributed by atoms with van der Waals surface area (Å²) in [5.41, 5.74) is 2.81. The van der Waals surface area contributed by atoms with Crippen LogP contribution in [-0.4, -0.2) is 21.7 Å². The molecule has 0 fully saturated rings. The van der Waals surface area contributed by atoms with E-state index in [-0.39, 0.29) is 16.6 Å². The van der Waals surface area contributed by atoms with E-state index in [2.05, 4.69) is 15.6 Å². The van der Waals surface area contributed by atoms with Crippen molar-refractivity contribution < 1.29 is 14.5 Å². The summed E-state index contributed by atoms with van der Waals surface area (Å²) in [5.74, 6) is -0.503. The van der Waals surface area contributed by atoms with Crippen LogP contribution in [0.5, 0.6) is 0 Å². The van der Waals surface area contributed by atoms with Gasteiger partial charge in [-0.25, -0.2) is 4.98 Å². The van der Waals surface area contributed by atoms with E-state index in [0.29, 0.717) is 22.9 Å². The van der Waals surface area contributed by atoms with Crippen LogP contribution in [0.15, 0.2) is 53.9 Å². The number of carbonyl (C=O) groups is 2. The number of anilines is 1. The van der Waals surface area contributed by atoms with Gasteiger partial charge in [0, 0.05) is 36.6 Å². The Labute approximate surface area is 186 Å². The fourth-order valence-corrected chi connectivity index (χ4v) is 3.49. The van der Waals surface area contributed by atoms with Crippen LogP contribution in [0.1, 0.15) is 18.1 Å². The second-order valence-corrected chi connectivity index (χ2v) is 7.70. The van der Waals surface area contributed by atoms with E-state index in [4.69, 9.17) is 11.6 Å². The number of benzene rings is 2. The zero-order valence-electron chi connectivity index (χ0n) is 16.3. The van der Waals surface area contributed by atoms with Gasteiger partial charge in [0.15, 0.2) is 5.13 Å². The zero-order valence-corrected chi connectivity index (χ0v) is 17.9. The number of nitro groups is 1. The topological polar surface area (TPSA) is 114 Å². The molecule has 1 aromatic heterocycles. The molecule has 2 N–H and O–H groups in total. The van der Waals surface area contributed by atoms with Crippen molar-refractivity contribution >= 4 is 51.6 Å². The number of hydrogen-bond acceptors (Lipinski definition) is 6. The lowest BCUT2D eigenvalue weighted by molar-refractivity contribution is -0.384. The number of amides is 2. The first-order chi connectivity index (χ1) is 14.8. The maximum Gasteiger partial charge on any atom is 0.288 e. The van der Waals surface area contributed by atoms with Crippen LogP contribution in [0, 0.1) is 10.1 Å². The van der Waals surface area contributed by atoms with Gasteiger partial charge in [-0.05, 0) is 23.3 Å². The Kier molecular flexibility index (Phi) is 7.11. The molecule has 8 nitrogen and oxygen atoms in total. The van der Waals surface area contributed by atoms with E-state index in [1.54, 1.807) is 6.07 Å². The summed E-state index contributed by atoms with van der Waals surface area (Å²) in [6.45, 7) is 1.92. The molecule has 31 heavy (non-hydrogen) atoms. The van der Waals surface area contributed by atoms with E-state index in [1.807, 2.05) is 29.6 Å². The molecule has 2 amide bonds. The Morgan fingerprint density at radius 1 is 1.23 bits per heavy atom. The molecule has 0 aliphatic carbocycles. The highest BCUT2D eigenvalue weighted by Gasteiger charge is 2.12. The molecule has 0 aliphatic heterocycles. The van der Waals surface area contributed by atoms with Crippen molar-refractivity contribution in [1.82, 2.24) is 10.3 Å². The Morgan fingerprint density at radius 3 is 2.65 bits per heavy atom. The quantitative estimate of drug-likeness (QED) is 0.305. The molecule has 0 aliphatic rings. The minimum atomic E-state index is -0.580. The molecular weight excluding hydrogens is 440 g/mol. The summed E-state index contributed by atoms with van der Waals surface area (Å²) in [7, 11) is 0. The van der Waals surface area contributed by atoms with Gasteiger partial charge in [0.1, 0.15) is 5.02 Å². The Bertz CT molecular complexity index is 1160.